The maximum atomic E-state index is 10.9. The number of aliphatic hydroxyl groups is 1. The van der Waals surface area contributed by atoms with Gasteiger partial charge in [-0.15, -0.1) is 11.3 Å². The first-order valence-electron chi connectivity index (χ1n) is 3.96. The molecule has 1 aromatic rings. The van der Waals surface area contributed by atoms with Crippen LogP contribution in [0, 0.1) is 0 Å². The van der Waals surface area contributed by atoms with Crippen LogP contribution in [0.2, 0.25) is 4.34 Å². The Morgan fingerprint density at radius 2 is 2.43 bits per heavy atom. The largest absolute Gasteiger partial charge is 0.506 e. The van der Waals surface area contributed by atoms with E-state index in [0.717, 1.165) is 6.08 Å². The fourth-order valence-corrected chi connectivity index (χ4v) is 1.78. The second kappa shape index (κ2) is 5.02. The molecule has 0 saturated heterocycles. The lowest BCUT2D eigenvalue weighted by molar-refractivity contribution is -0.137. The van der Waals surface area contributed by atoms with E-state index in [2.05, 4.69) is 4.74 Å². The standard InChI is InChI=1S/C9H9ClO3S/c1-2-13-9(12)5-6(11)7-3-4-8(10)14-7/h3-5,11H,2H2,1H3. The van der Waals surface area contributed by atoms with Crippen molar-refractivity contribution in [2.75, 3.05) is 6.61 Å². The van der Waals surface area contributed by atoms with Crippen LogP contribution in [-0.4, -0.2) is 17.7 Å². The molecule has 0 amide bonds. The highest BCUT2D eigenvalue weighted by Crippen LogP contribution is 2.26. The summed E-state index contributed by atoms with van der Waals surface area (Å²) in [7, 11) is 0. The van der Waals surface area contributed by atoms with Crippen molar-refractivity contribution < 1.29 is 14.6 Å². The zero-order chi connectivity index (χ0) is 10.6. The first-order chi connectivity index (χ1) is 6.63. The Labute approximate surface area is 90.6 Å². The molecule has 0 aliphatic rings. The number of carbonyl (C=O) groups excluding carboxylic acids is 1. The molecule has 3 nitrogen and oxygen atoms in total. The molecule has 1 aromatic heterocycles. The molecule has 0 atom stereocenters. The quantitative estimate of drug-likeness (QED) is 0.495. The Kier molecular flexibility index (Phi) is 3.98. The van der Waals surface area contributed by atoms with E-state index < -0.39 is 5.97 Å². The molecule has 0 unspecified atom stereocenters. The molecule has 1 N–H and O–H groups in total. The molecule has 5 heteroatoms. The average molecular weight is 233 g/mol. The third kappa shape index (κ3) is 3.05. The molecule has 0 aliphatic carbocycles. The van der Waals surface area contributed by atoms with Crippen LogP contribution in [0.5, 0.6) is 0 Å². The molecule has 0 radical (unpaired) electrons. The average Bonchev–Trinajstić information content (AvgIpc) is 2.52. The highest BCUT2D eigenvalue weighted by molar-refractivity contribution is 7.17. The highest BCUT2D eigenvalue weighted by Gasteiger charge is 2.05. The van der Waals surface area contributed by atoms with Crippen LogP contribution < -0.4 is 0 Å². The fraction of sp³-hybridized carbons (Fsp3) is 0.222. The van der Waals surface area contributed by atoms with Gasteiger partial charge in [0.25, 0.3) is 0 Å². The number of halogens is 1. The highest BCUT2D eigenvalue weighted by atomic mass is 35.5. The van der Waals surface area contributed by atoms with Crippen molar-refractivity contribution in [1.82, 2.24) is 0 Å². The summed E-state index contributed by atoms with van der Waals surface area (Å²) in [6.45, 7) is 1.98. The van der Waals surface area contributed by atoms with Crippen molar-refractivity contribution in [2.24, 2.45) is 0 Å². The Morgan fingerprint density at radius 3 is 2.93 bits per heavy atom. The molecule has 0 bridgehead atoms. The zero-order valence-electron chi connectivity index (χ0n) is 7.49. The summed E-state index contributed by atoms with van der Waals surface area (Å²) in [6.07, 6.45) is 1.03. The van der Waals surface area contributed by atoms with Crippen molar-refractivity contribution in [2.45, 2.75) is 6.92 Å². The van der Waals surface area contributed by atoms with Gasteiger partial charge in [0.15, 0.2) is 0 Å². The molecule has 0 aromatic carbocycles. The minimum atomic E-state index is -0.561. The number of aliphatic hydroxyl groups excluding tert-OH is 1. The summed E-state index contributed by atoms with van der Waals surface area (Å²) in [5.74, 6) is -0.685. The van der Waals surface area contributed by atoms with Gasteiger partial charge in [0.05, 0.1) is 21.9 Å². The summed E-state index contributed by atoms with van der Waals surface area (Å²) in [6, 6.07) is 3.29. The third-order valence-electron chi connectivity index (χ3n) is 1.37. The van der Waals surface area contributed by atoms with Gasteiger partial charge in [-0.3, -0.25) is 0 Å². The minimum Gasteiger partial charge on any atom is -0.506 e. The lowest BCUT2D eigenvalue weighted by Gasteiger charge is -1.97. The lowest BCUT2D eigenvalue weighted by Crippen LogP contribution is -2.00. The second-order valence-corrected chi connectivity index (χ2v) is 4.10. The van der Waals surface area contributed by atoms with E-state index in [-0.39, 0.29) is 12.4 Å². The van der Waals surface area contributed by atoms with Gasteiger partial charge in [-0.25, -0.2) is 4.79 Å². The Hall–Kier alpha value is -1.000. The van der Waals surface area contributed by atoms with Crippen molar-refractivity contribution >= 4 is 34.7 Å². The number of esters is 1. The van der Waals surface area contributed by atoms with Crippen molar-refractivity contribution in [1.29, 1.82) is 0 Å². The maximum Gasteiger partial charge on any atom is 0.334 e. The summed E-state index contributed by atoms with van der Waals surface area (Å²) in [5.41, 5.74) is 0. The number of hydrogen-bond acceptors (Lipinski definition) is 4. The number of hydrogen-bond donors (Lipinski definition) is 1. The van der Waals surface area contributed by atoms with E-state index in [0.29, 0.717) is 9.21 Å². The van der Waals surface area contributed by atoms with E-state index in [1.807, 2.05) is 0 Å². The van der Waals surface area contributed by atoms with Crippen molar-refractivity contribution in [3.05, 3.63) is 27.4 Å². The van der Waals surface area contributed by atoms with Gasteiger partial charge in [-0.2, -0.15) is 0 Å². The van der Waals surface area contributed by atoms with E-state index in [4.69, 9.17) is 11.6 Å². The summed E-state index contributed by atoms with van der Waals surface area (Å²) in [5, 5.41) is 9.44. The van der Waals surface area contributed by atoms with Gasteiger partial charge < -0.3 is 9.84 Å². The fourth-order valence-electron chi connectivity index (χ4n) is 0.819. The Balaban J connectivity index is 2.74. The molecule has 14 heavy (non-hydrogen) atoms. The predicted molar refractivity (Wildman–Crippen MR) is 56.6 cm³/mol. The number of thiophene rings is 1. The van der Waals surface area contributed by atoms with Crippen molar-refractivity contribution in [3.63, 3.8) is 0 Å². The lowest BCUT2D eigenvalue weighted by atomic mass is 10.3. The van der Waals surface area contributed by atoms with E-state index in [1.54, 1.807) is 19.1 Å². The smallest absolute Gasteiger partial charge is 0.334 e. The predicted octanol–water partition coefficient (Wildman–Crippen LogP) is 2.86. The summed E-state index contributed by atoms with van der Waals surface area (Å²) >= 11 is 6.86. The third-order valence-corrected chi connectivity index (χ3v) is 2.62. The van der Waals surface area contributed by atoms with Crippen LogP contribution in [0.1, 0.15) is 11.8 Å². The zero-order valence-corrected chi connectivity index (χ0v) is 9.06. The molecule has 76 valence electrons. The molecule has 0 saturated carbocycles. The monoisotopic (exact) mass is 232 g/mol. The number of ether oxygens (including phenoxy) is 1. The number of rotatable bonds is 3. The van der Waals surface area contributed by atoms with Crippen LogP contribution in [0.3, 0.4) is 0 Å². The molecular formula is C9H9ClO3S. The van der Waals surface area contributed by atoms with Crippen molar-refractivity contribution in [3.8, 4) is 0 Å². The van der Waals surface area contributed by atoms with E-state index in [9.17, 15) is 9.90 Å². The topological polar surface area (TPSA) is 46.5 Å². The van der Waals surface area contributed by atoms with Gasteiger partial charge in [0.1, 0.15) is 5.76 Å². The van der Waals surface area contributed by atoms with E-state index >= 15 is 0 Å². The molecule has 1 heterocycles. The molecule has 0 spiro atoms. The van der Waals surface area contributed by atoms with Crippen LogP contribution in [0.15, 0.2) is 18.2 Å². The Morgan fingerprint density at radius 1 is 1.71 bits per heavy atom. The van der Waals surface area contributed by atoms with Gasteiger partial charge in [0.2, 0.25) is 0 Å². The van der Waals surface area contributed by atoms with Gasteiger partial charge in [-0.1, -0.05) is 11.6 Å². The van der Waals surface area contributed by atoms with Crippen LogP contribution in [0.4, 0.5) is 0 Å². The van der Waals surface area contributed by atoms with Crippen LogP contribution in [-0.2, 0) is 9.53 Å². The molecular weight excluding hydrogens is 224 g/mol. The summed E-state index contributed by atoms with van der Waals surface area (Å²) in [4.78, 5) is 11.5. The van der Waals surface area contributed by atoms with Gasteiger partial charge >= 0.3 is 5.97 Å². The molecule has 1 rings (SSSR count). The Bertz CT molecular complexity index is 357. The molecule has 0 aliphatic heterocycles. The van der Waals surface area contributed by atoms with Gasteiger partial charge in [-0.05, 0) is 19.1 Å². The second-order valence-electron chi connectivity index (χ2n) is 2.39. The first kappa shape index (κ1) is 11.1. The van der Waals surface area contributed by atoms with E-state index in [1.165, 1.54) is 11.3 Å². The first-order valence-corrected chi connectivity index (χ1v) is 5.16. The SMILES string of the molecule is CCOC(=O)C=C(O)c1ccc(Cl)s1. The minimum absolute atomic E-state index is 0.125. The molecule has 0 fully saturated rings. The number of carbonyl (C=O) groups is 1. The normalized spacial score (nSPS) is 11.4. The van der Waals surface area contributed by atoms with Crippen LogP contribution >= 0.6 is 22.9 Å². The summed E-state index contributed by atoms with van der Waals surface area (Å²) < 4.78 is 5.20. The van der Waals surface area contributed by atoms with Crippen LogP contribution in [0.25, 0.3) is 5.76 Å². The van der Waals surface area contributed by atoms with Gasteiger partial charge in [0, 0.05) is 0 Å². The maximum absolute atomic E-state index is 10.9.